The number of aliphatic hydroxyl groups excluding tert-OH is 1. The fourth-order valence-electron chi connectivity index (χ4n) is 1.28. The van der Waals surface area contributed by atoms with Crippen molar-refractivity contribution in [3.63, 3.8) is 0 Å². The Morgan fingerprint density at radius 2 is 2.23 bits per heavy atom. The first-order valence-corrected chi connectivity index (χ1v) is 4.58. The maximum absolute atomic E-state index is 9.39. The highest BCUT2D eigenvalue weighted by atomic mass is 79.9. The van der Waals surface area contributed by atoms with Gasteiger partial charge in [0.15, 0.2) is 11.5 Å². The molecule has 0 bridgehead atoms. The van der Waals surface area contributed by atoms with Gasteiger partial charge in [-0.1, -0.05) is 15.9 Å². The van der Waals surface area contributed by atoms with E-state index in [1.54, 1.807) is 12.1 Å². The van der Waals surface area contributed by atoms with Crippen molar-refractivity contribution >= 4 is 15.9 Å². The second kappa shape index (κ2) is 3.20. The minimum Gasteiger partial charge on any atom is -0.454 e. The predicted molar refractivity (Wildman–Crippen MR) is 50.6 cm³/mol. The quantitative estimate of drug-likeness (QED) is 0.821. The van der Waals surface area contributed by atoms with Crippen molar-refractivity contribution in [2.24, 2.45) is 0 Å². The molecule has 0 saturated carbocycles. The van der Waals surface area contributed by atoms with Crippen molar-refractivity contribution in [2.45, 2.75) is 6.10 Å². The fraction of sp³-hybridized carbons (Fsp3) is 0.222. The van der Waals surface area contributed by atoms with Gasteiger partial charge in [0.25, 0.3) is 0 Å². The van der Waals surface area contributed by atoms with Crippen molar-refractivity contribution in [3.8, 4) is 11.5 Å². The Morgan fingerprint density at radius 1 is 1.46 bits per heavy atom. The highest BCUT2D eigenvalue weighted by molar-refractivity contribution is 9.10. The Kier molecular flexibility index (Phi) is 2.17. The number of hydrogen-bond donors (Lipinski definition) is 1. The lowest BCUT2D eigenvalue weighted by Crippen LogP contribution is -1.97. The lowest BCUT2D eigenvalue weighted by atomic mass is 10.1. The molecule has 2 rings (SSSR count). The third-order valence-corrected chi connectivity index (χ3v) is 2.55. The molecular weight excluding hydrogens is 236 g/mol. The normalized spacial score (nSPS) is 15.9. The van der Waals surface area contributed by atoms with Crippen LogP contribution >= 0.6 is 15.9 Å². The number of fused-ring (bicyclic) bond motifs is 1. The van der Waals surface area contributed by atoms with Crippen LogP contribution in [0.15, 0.2) is 16.6 Å². The lowest BCUT2D eigenvalue weighted by molar-refractivity contribution is 0.168. The molecule has 1 heterocycles. The molecule has 4 heteroatoms. The topological polar surface area (TPSA) is 38.7 Å². The summed E-state index contributed by atoms with van der Waals surface area (Å²) in [5, 5.41) is 9.39. The van der Waals surface area contributed by atoms with E-state index in [0.29, 0.717) is 17.1 Å². The van der Waals surface area contributed by atoms with Gasteiger partial charge in [0, 0.05) is 10.0 Å². The molecule has 69 valence electrons. The fourth-order valence-corrected chi connectivity index (χ4v) is 1.86. The minimum atomic E-state index is -0.814. The molecule has 0 amide bonds. The minimum absolute atomic E-state index is 0.200. The van der Waals surface area contributed by atoms with E-state index in [-0.39, 0.29) is 6.79 Å². The van der Waals surface area contributed by atoms with Crippen LogP contribution in [-0.2, 0) is 0 Å². The molecule has 1 unspecified atom stereocenters. The molecule has 1 aliphatic heterocycles. The standard InChI is InChI=1S/C9H8BrO3/c1-5(11)8-6(10)2-3-7-9(8)13-4-12-7/h2-3,5,11H,1,4H2. The summed E-state index contributed by atoms with van der Waals surface area (Å²) in [4.78, 5) is 0. The van der Waals surface area contributed by atoms with Gasteiger partial charge < -0.3 is 14.6 Å². The zero-order valence-corrected chi connectivity index (χ0v) is 8.37. The van der Waals surface area contributed by atoms with Crippen LogP contribution in [0.5, 0.6) is 11.5 Å². The van der Waals surface area contributed by atoms with E-state index >= 15 is 0 Å². The molecule has 1 aliphatic rings. The molecule has 3 nitrogen and oxygen atoms in total. The first-order valence-electron chi connectivity index (χ1n) is 3.79. The summed E-state index contributed by atoms with van der Waals surface area (Å²) in [6, 6.07) is 3.59. The lowest BCUT2D eigenvalue weighted by Gasteiger charge is -2.10. The zero-order valence-electron chi connectivity index (χ0n) is 6.79. The van der Waals surface area contributed by atoms with Gasteiger partial charge in [-0.25, -0.2) is 0 Å². The van der Waals surface area contributed by atoms with Gasteiger partial charge in [0.05, 0.1) is 6.10 Å². The number of rotatable bonds is 1. The van der Waals surface area contributed by atoms with Gasteiger partial charge in [-0.15, -0.1) is 0 Å². The van der Waals surface area contributed by atoms with Crippen LogP contribution in [0, 0.1) is 6.92 Å². The molecule has 0 saturated heterocycles. The highest BCUT2D eigenvalue weighted by Crippen LogP contribution is 2.42. The highest BCUT2D eigenvalue weighted by Gasteiger charge is 2.22. The van der Waals surface area contributed by atoms with Gasteiger partial charge in [-0.05, 0) is 19.1 Å². The van der Waals surface area contributed by atoms with E-state index in [1.807, 2.05) is 0 Å². The summed E-state index contributed by atoms with van der Waals surface area (Å²) in [5.41, 5.74) is 0.634. The molecule has 0 fully saturated rings. The summed E-state index contributed by atoms with van der Waals surface area (Å²) in [5.74, 6) is 1.23. The van der Waals surface area contributed by atoms with Crippen LogP contribution in [0.25, 0.3) is 0 Å². The van der Waals surface area contributed by atoms with E-state index in [4.69, 9.17) is 9.47 Å². The van der Waals surface area contributed by atoms with Crippen LogP contribution in [-0.4, -0.2) is 11.9 Å². The number of halogens is 1. The first kappa shape index (κ1) is 8.84. The van der Waals surface area contributed by atoms with E-state index in [0.717, 1.165) is 4.47 Å². The van der Waals surface area contributed by atoms with E-state index in [2.05, 4.69) is 22.9 Å². The van der Waals surface area contributed by atoms with Crippen LogP contribution in [0.1, 0.15) is 11.7 Å². The second-order valence-electron chi connectivity index (χ2n) is 2.71. The van der Waals surface area contributed by atoms with Crippen molar-refractivity contribution < 1.29 is 14.6 Å². The monoisotopic (exact) mass is 243 g/mol. The van der Waals surface area contributed by atoms with Gasteiger partial charge in [-0.2, -0.15) is 0 Å². The molecular formula is C9H8BrO3. The van der Waals surface area contributed by atoms with Gasteiger partial charge >= 0.3 is 0 Å². The maximum atomic E-state index is 9.39. The Labute approximate surface area is 84.4 Å². The molecule has 1 atom stereocenters. The molecule has 1 N–H and O–H groups in total. The Hall–Kier alpha value is -0.740. The first-order chi connectivity index (χ1) is 6.20. The second-order valence-corrected chi connectivity index (χ2v) is 3.56. The summed E-state index contributed by atoms with van der Waals surface area (Å²) >= 11 is 3.31. The smallest absolute Gasteiger partial charge is 0.231 e. The van der Waals surface area contributed by atoms with E-state index in [1.165, 1.54) is 0 Å². The molecule has 1 aromatic rings. The Balaban J connectivity index is 2.58. The Bertz CT molecular complexity index is 336. The summed E-state index contributed by atoms with van der Waals surface area (Å²) in [6.07, 6.45) is -0.814. The third kappa shape index (κ3) is 1.40. The summed E-state index contributed by atoms with van der Waals surface area (Å²) in [7, 11) is 0. The molecule has 13 heavy (non-hydrogen) atoms. The Morgan fingerprint density at radius 3 is 2.92 bits per heavy atom. The van der Waals surface area contributed by atoms with Crippen molar-refractivity contribution in [1.82, 2.24) is 0 Å². The van der Waals surface area contributed by atoms with Crippen LogP contribution in [0.4, 0.5) is 0 Å². The molecule has 0 aromatic heterocycles. The third-order valence-electron chi connectivity index (χ3n) is 1.86. The number of ether oxygens (including phenoxy) is 2. The number of hydrogen-bond acceptors (Lipinski definition) is 3. The average Bonchev–Trinajstić information content (AvgIpc) is 2.50. The van der Waals surface area contributed by atoms with E-state index < -0.39 is 6.10 Å². The largest absolute Gasteiger partial charge is 0.454 e. The summed E-state index contributed by atoms with van der Waals surface area (Å²) < 4.78 is 11.2. The van der Waals surface area contributed by atoms with Crippen LogP contribution in [0.3, 0.4) is 0 Å². The number of benzene rings is 1. The molecule has 1 radical (unpaired) electrons. The van der Waals surface area contributed by atoms with Crippen molar-refractivity contribution in [2.75, 3.05) is 6.79 Å². The maximum Gasteiger partial charge on any atom is 0.231 e. The van der Waals surface area contributed by atoms with Crippen molar-refractivity contribution in [3.05, 3.63) is 29.1 Å². The number of aliphatic hydroxyl groups is 1. The SMILES string of the molecule is [CH2]C(O)c1c(Br)ccc2c1OCO2. The van der Waals surface area contributed by atoms with Crippen LogP contribution < -0.4 is 9.47 Å². The molecule has 1 aromatic carbocycles. The van der Waals surface area contributed by atoms with Gasteiger partial charge in [0.2, 0.25) is 6.79 Å². The van der Waals surface area contributed by atoms with Gasteiger partial charge in [0.1, 0.15) is 0 Å². The van der Waals surface area contributed by atoms with Crippen LogP contribution in [0.2, 0.25) is 0 Å². The predicted octanol–water partition coefficient (Wildman–Crippen LogP) is 2.05. The zero-order chi connectivity index (χ0) is 9.42. The summed E-state index contributed by atoms with van der Waals surface area (Å²) in [6.45, 7) is 3.74. The van der Waals surface area contributed by atoms with Gasteiger partial charge in [-0.3, -0.25) is 0 Å². The molecule has 0 spiro atoms. The van der Waals surface area contributed by atoms with E-state index in [9.17, 15) is 5.11 Å². The average molecular weight is 244 g/mol. The van der Waals surface area contributed by atoms with Crippen molar-refractivity contribution in [1.29, 1.82) is 0 Å². The molecule has 0 aliphatic carbocycles.